The van der Waals surface area contributed by atoms with E-state index in [1.54, 1.807) is 17.4 Å². The van der Waals surface area contributed by atoms with Crippen molar-refractivity contribution in [1.82, 2.24) is 4.90 Å². The van der Waals surface area contributed by atoms with Crippen LogP contribution in [0.3, 0.4) is 0 Å². The first-order valence-corrected chi connectivity index (χ1v) is 6.64. The van der Waals surface area contributed by atoms with Crippen molar-refractivity contribution in [3.05, 3.63) is 28.5 Å². The van der Waals surface area contributed by atoms with Gasteiger partial charge in [0, 0.05) is 24.0 Å². The first-order valence-electron chi connectivity index (χ1n) is 5.76. The van der Waals surface area contributed by atoms with E-state index in [2.05, 4.69) is 6.92 Å². The predicted octanol–water partition coefficient (Wildman–Crippen LogP) is 3.02. The summed E-state index contributed by atoms with van der Waals surface area (Å²) in [7, 11) is 0. The molecule has 2 rings (SSSR count). The van der Waals surface area contributed by atoms with Crippen LogP contribution in [0.5, 0.6) is 0 Å². The number of nitrogens with zero attached hydrogens (tertiary/aromatic N) is 1. The minimum atomic E-state index is 0.153. The molecule has 0 atom stereocenters. The molecule has 2 heterocycles. The maximum atomic E-state index is 11.8. The van der Waals surface area contributed by atoms with Gasteiger partial charge in [0.1, 0.15) is 0 Å². The minimum absolute atomic E-state index is 0.153. The number of carbonyl (C=O) groups is 1. The molecule has 1 amide bonds. The number of hydrogen-bond donors (Lipinski definition) is 0. The van der Waals surface area contributed by atoms with Gasteiger partial charge in [-0.2, -0.15) is 0 Å². The quantitative estimate of drug-likeness (QED) is 0.722. The first-order chi connectivity index (χ1) is 7.75. The van der Waals surface area contributed by atoms with Crippen LogP contribution in [0.25, 0.3) is 6.08 Å². The maximum Gasteiger partial charge on any atom is 0.246 e. The molecule has 0 aromatic carbocycles. The lowest BCUT2D eigenvalue weighted by molar-refractivity contribution is -0.127. The Labute approximate surface area is 101 Å². The lowest BCUT2D eigenvalue weighted by atomic mass is 9.99. The summed E-state index contributed by atoms with van der Waals surface area (Å²) in [6, 6.07) is 4.02. The van der Waals surface area contributed by atoms with Crippen LogP contribution in [0.1, 0.15) is 24.6 Å². The van der Waals surface area contributed by atoms with Crippen molar-refractivity contribution < 1.29 is 4.79 Å². The summed E-state index contributed by atoms with van der Waals surface area (Å²) in [5.74, 6) is 0.922. The van der Waals surface area contributed by atoms with E-state index in [0.29, 0.717) is 0 Å². The fourth-order valence-corrected chi connectivity index (χ4v) is 2.49. The molecular weight excluding hydrogens is 218 g/mol. The molecule has 1 aliphatic rings. The second-order valence-electron chi connectivity index (χ2n) is 4.36. The molecule has 3 heteroatoms. The molecule has 0 bridgehead atoms. The summed E-state index contributed by atoms with van der Waals surface area (Å²) in [6.45, 7) is 4.08. The van der Waals surface area contributed by atoms with E-state index in [1.165, 1.54) is 0 Å². The van der Waals surface area contributed by atoms with Crippen LogP contribution in [0.4, 0.5) is 0 Å². The SMILES string of the molecule is CC1CCN(C(=O)/C=C/c2cccs2)CC1. The van der Waals surface area contributed by atoms with Gasteiger partial charge in [0.2, 0.25) is 5.91 Å². The number of hydrogen-bond acceptors (Lipinski definition) is 2. The number of thiophene rings is 1. The fourth-order valence-electron chi connectivity index (χ4n) is 1.87. The van der Waals surface area contributed by atoms with Gasteiger partial charge in [0.05, 0.1) is 0 Å². The van der Waals surface area contributed by atoms with E-state index < -0.39 is 0 Å². The number of carbonyl (C=O) groups excluding carboxylic acids is 1. The third-order valence-electron chi connectivity index (χ3n) is 3.03. The summed E-state index contributed by atoms with van der Waals surface area (Å²) in [4.78, 5) is 14.9. The molecule has 0 aliphatic carbocycles. The Balaban J connectivity index is 1.88. The summed E-state index contributed by atoms with van der Waals surface area (Å²) in [5.41, 5.74) is 0. The molecule has 2 nitrogen and oxygen atoms in total. The number of rotatable bonds is 2. The van der Waals surface area contributed by atoms with Crippen LogP contribution in [-0.4, -0.2) is 23.9 Å². The van der Waals surface area contributed by atoms with Crippen molar-refractivity contribution in [2.75, 3.05) is 13.1 Å². The molecule has 1 aliphatic heterocycles. The van der Waals surface area contributed by atoms with Gasteiger partial charge in [-0.15, -0.1) is 11.3 Å². The minimum Gasteiger partial charge on any atom is -0.339 e. The average Bonchev–Trinajstić information content (AvgIpc) is 2.80. The topological polar surface area (TPSA) is 20.3 Å². The van der Waals surface area contributed by atoms with Crippen LogP contribution in [0.15, 0.2) is 23.6 Å². The van der Waals surface area contributed by atoms with Gasteiger partial charge >= 0.3 is 0 Å². The zero-order valence-corrected chi connectivity index (χ0v) is 10.4. The molecule has 1 saturated heterocycles. The highest BCUT2D eigenvalue weighted by Gasteiger charge is 2.18. The second-order valence-corrected chi connectivity index (χ2v) is 5.34. The highest BCUT2D eigenvalue weighted by atomic mass is 32.1. The maximum absolute atomic E-state index is 11.8. The Morgan fingerprint density at radius 3 is 2.88 bits per heavy atom. The Morgan fingerprint density at radius 1 is 1.50 bits per heavy atom. The van der Waals surface area contributed by atoms with E-state index in [4.69, 9.17) is 0 Å². The summed E-state index contributed by atoms with van der Waals surface area (Å²) >= 11 is 1.65. The molecule has 1 aromatic rings. The Bertz CT molecular complexity index is 361. The van der Waals surface area contributed by atoms with Crippen molar-refractivity contribution in [3.63, 3.8) is 0 Å². The van der Waals surface area contributed by atoms with Gasteiger partial charge in [0.25, 0.3) is 0 Å². The monoisotopic (exact) mass is 235 g/mol. The van der Waals surface area contributed by atoms with Crippen LogP contribution in [0.2, 0.25) is 0 Å². The standard InChI is InChI=1S/C13H17NOS/c1-11-6-8-14(9-7-11)13(15)5-4-12-3-2-10-16-12/h2-5,10-11H,6-9H2,1H3/b5-4+. The Hall–Kier alpha value is -1.09. The smallest absolute Gasteiger partial charge is 0.246 e. The molecular formula is C13H17NOS. The zero-order valence-electron chi connectivity index (χ0n) is 9.56. The predicted molar refractivity (Wildman–Crippen MR) is 68.3 cm³/mol. The normalized spacial score (nSPS) is 18.2. The summed E-state index contributed by atoms with van der Waals surface area (Å²) in [5, 5.41) is 2.02. The van der Waals surface area contributed by atoms with E-state index in [9.17, 15) is 4.79 Å². The van der Waals surface area contributed by atoms with Gasteiger partial charge < -0.3 is 4.90 Å². The number of piperidine rings is 1. The Kier molecular flexibility index (Phi) is 3.78. The average molecular weight is 235 g/mol. The molecule has 0 spiro atoms. The van der Waals surface area contributed by atoms with Gasteiger partial charge in [-0.3, -0.25) is 4.79 Å². The zero-order chi connectivity index (χ0) is 11.4. The molecule has 0 N–H and O–H groups in total. The molecule has 1 fully saturated rings. The van der Waals surface area contributed by atoms with E-state index in [1.807, 2.05) is 28.5 Å². The van der Waals surface area contributed by atoms with E-state index >= 15 is 0 Å². The van der Waals surface area contributed by atoms with E-state index in [-0.39, 0.29) is 5.91 Å². The lowest BCUT2D eigenvalue weighted by Gasteiger charge is -2.29. The van der Waals surface area contributed by atoms with Crippen molar-refractivity contribution >= 4 is 23.3 Å². The summed E-state index contributed by atoms with van der Waals surface area (Å²) in [6.07, 6.45) is 5.88. The van der Waals surface area contributed by atoms with Crippen LogP contribution in [0, 0.1) is 5.92 Å². The number of likely N-dealkylation sites (tertiary alicyclic amines) is 1. The first kappa shape index (κ1) is 11.4. The fraction of sp³-hybridized carbons (Fsp3) is 0.462. The molecule has 0 unspecified atom stereocenters. The van der Waals surface area contributed by atoms with Crippen LogP contribution < -0.4 is 0 Å². The molecule has 1 aromatic heterocycles. The van der Waals surface area contributed by atoms with E-state index in [0.717, 1.165) is 36.7 Å². The van der Waals surface area contributed by atoms with Crippen molar-refractivity contribution in [3.8, 4) is 0 Å². The van der Waals surface area contributed by atoms with Gasteiger partial charge in [0.15, 0.2) is 0 Å². The van der Waals surface area contributed by atoms with Crippen molar-refractivity contribution in [2.45, 2.75) is 19.8 Å². The van der Waals surface area contributed by atoms with Crippen LogP contribution in [-0.2, 0) is 4.79 Å². The Morgan fingerprint density at radius 2 is 2.25 bits per heavy atom. The third kappa shape index (κ3) is 2.95. The number of amides is 1. The van der Waals surface area contributed by atoms with Crippen LogP contribution >= 0.6 is 11.3 Å². The molecule has 0 radical (unpaired) electrons. The largest absolute Gasteiger partial charge is 0.339 e. The van der Waals surface area contributed by atoms with Gasteiger partial charge in [-0.1, -0.05) is 13.0 Å². The second kappa shape index (κ2) is 5.30. The molecule has 16 heavy (non-hydrogen) atoms. The third-order valence-corrected chi connectivity index (χ3v) is 3.87. The molecule has 86 valence electrons. The van der Waals surface area contributed by atoms with Crippen molar-refractivity contribution in [2.24, 2.45) is 5.92 Å². The highest BCUT2D eigenvalue weighted by Crippen LogP contribution is 2.17. The molecule has 0 saturated carbocycles. The lowest BCUT2D eigenvalue weighted by Crippen LogP contribution is -2.36. The van der Waals surface area contributed by atoms with Gasteiger partial charge in [-0.25, -0.2) is 0 Å². The highest BCUT2D eigenvalue weighted by molar-refractivity contribution is 7.10. The van der Waals surface area contributed by atoms with Crippen molar-refractivity contribution in [1.29, 1.82) is 0 Å². The summed E-state index contributed by atoms with van der Waals surface area (Å²) < 4.78 is 0. The van der Waals surface area contributed by atoms with Gasteiger partial charge in [-0.05, 0) is 36.3 Å².